The standard InChI is InChI=1S/C17H25N3O.2ClH/c1-13-6-7-16(20-9-2-3-10-20)15(11-13)17(21)19-14-5-4-8-18-12-14;;/h6-7,11,14,18H,2-5,8-10,12H2,1H3,(H,19,21);2*1H/t14-;;/m0../s1. The van der Waals surface area contributed by atoms with Crippen LogP contribution in [0.15, 0.2) is 18.2 Å². The molecule has 2 saturated heterocycles. The number of nitrogens with one attached hydrogen (secondary N) is 2. The maximum Gasteiger partial charge on any atom is 0.253 e. The van der Waals surface area contributed by atoms with E-state index in [0.717, 1.165) is 55.8 Å². The molecule has 1 atom stereocenters. The van der Waals surface area contributed by atoms with Crippen molar-refractivity contribution in [2.24, 2.45) is 0 Å². The monoisotopic (exact) mass is 359 g/mol. The molecule has 3 rings (SSSR count). The first-order chi connectivity index (χ1) is 10.2. The average molecular weight is 360 g/mol. The Morgan fingerprint density at radius 3 is 2.61 bits per heavy atom. The summed E-state index contributed by atoms with van der Waals surface area (Å²) < 4.78 is 0. The smallest absolute Gasteiger partial charge is 0.253 e. The number of rotatable bonds is 3. The van der Waals surface area contributed by atoms with Crippen molar-refractivity contribution >= 4 is 36.4 Å². The lowest BCUT2D eigenvalue weighted by atomic mass is 10.0. The number of benzene rings is 1. The lowest BCUT2D eigenvalue weighted by molar-refractivity contribution is 0.0931. The topological polar surface area (TPSA) is 44.4 Å². The molecule has 1 amide bonds. The Morgan fingerprint density at radius 1 is 1.22 bits per heavy atom. The van der Waals surface area contributed by atoms with Gasteiger partial charge in [0, 0.05) is 31.4 Å². The van der Waals surface area contributed by atoms with E-state index in [1.54, 1.807) is 0 Å². The van der Waals surface area contributed by atoms with Crippen LogP contribution < -0.4 is 15.5 Å². The SMILES string of the molecule is Cc1ccc(N2CCCC2)c(C(=O)N[C@H]2CCCNC2)c1.Cl.Cl. The van der Waals surface area contributed by atoms with Gasteiger partial charge in [-0.15, -0.1) is 24.8 Å². The second-order valence-corrected chi connectivity index (χ2v) is 6.23. The number of carbonyl (C=O) groups excluding carboxylic acids is 1. The van der Waals surface area contributed by atoms with Crippen molar-refractivity contribution in [2.45, 2.75) is 38.6 Å². The fourth-order valence-electron chi connectivity index (χ4n) is 3.30. The van der Waals surface area contributed by atoms with Gasteiger partial charge in [0.05, 0.1) is 5.56 Å². The quantitative estimate of drug-likeness (QED) is 0.871. The summed E-state index contributed by atoms with van der Waals surface area (Å²) in [7, 11) is 0. The van der Waals surface area contributed by atoms with Crippen molar-refractivity contribution in [1.82, 2.24) is 10.6 Å². The second kappa shape index (κ2) is 9.36. The number of amides is 1. The minimum atomic E-state index is 0. The molecule has 4 nitrogen and oxygen atoms in total. The van der Waals surface area contributed by atoms with Crippen LogP contribution in [0.3, 0.4) is 0 Å². The van der Waals surface area contributed by atoms with Crippen molar-refractivity contribution in [2.75, 3.05) is 31.1 Å². The predicted molar refractivity (Wildman–Crippen MR) is 100 cm³/mol. The highest BCUT2D eigenvalue weighted by Gasteiger charge is 2.22. The summed E-state index contributed by atoms with van der Waals surface area (Å²) in [5, 5.41) is 6.55. The van der Waals surface area contributed by atoms with Crippen LogP contribution in [0.2, 0.25) is 0 Å². The summed E-state index contributed by atoms with van der Waals surface area (Å²) in [6.45, 7) is 6.13. The van der Waals surface area contributed by atoms with Gasteiger partial charge < -0.3 is 15.5 Å². The fraction of sp³-hybridized carbons (Fsp3) is 0.588. The molecule has 1 aromatic rings. The normalized spacial score (nSPS) is 20.4. The molecule has 0 aromatic heterocycles. The Bertz CT molecular complexity index is 513. The first-order valence-electron chi connectivity index (χ1n) is 8.11. The summed E-state index contributed by atoms with van der Waals surface area (Å²) in [6.07, 6.45) is 4.66. The Morgan fingerprint density at radius 2 is 1.96 bits per heavy atom. The highest BCUT2D eigenvalue weighted by Crippen LogP contribution is 2.26. The maximum atomic E-state index is 12.7. The number of aryl methyl sites for hydroxylation is 1. The highest BCUT2D eigenvalue weighted by atomic mass is 35.5. The predicted octanol–water partition coefficient (Wildman–Crippen LogP) is 2.92. The minimum Gasteiger partial charge on any atom is -0.371 e. The molecule has 2 aliphatic heterocycles. The molecule has 6 heteroatoms. The molecule has 0 bridgehead atoms. The average Bonchev–Trinajstić information content (AvgIpc) is 3.02. The molecule has 23 heavy (non-hydrogen) atoms. The van der Waals surface area contributed by atoms with Crippen molar-refractivity contribution in [3.63, 3.8) is 0 Å². The summed E-state index contributed by atoms with van der Waals surface area (Å²) in [6, 6.07) is 6.50. The van der Waals surface area contributed by atoms with Gasteiger partial charge in [-0.25, -0.2) is 0 Å². The third-order valence-corrected chi connectivity index (χ3v) is 4.48. The molecular formula is C17H27Cl2N3O. The molecule has 2 heterocycles. The number of halogens is 2. The van der Waals surface area contributed by atoms with E-state index in [9.17, 15) is 4.79 Å². The molecule has 0 unspecified atom stereocenters. The number of hydrogen-bond acceptors (Lipinski definition) is 3. The Hall–Kier alpha value is -0.970. The van der Waals surface area contributed by atoms with E-state index < -0.39 is 0 Å². The molecule has 2 fully saturated rings. The van der Waals surface area contributed by atoms with Crippen molar-refractivity contribution in [3.8, 4) is 0 Å². The van der Waals surface area contributed by atoms with Gasteiger partial charge in [0.2, 0.25) is 0 Å². The van der Waals surface area contributed by atoms with Crippen molar-refractivity contribution in [1.29, 1.82) is 0 Å². The van der Waals surface area contributed by atoms with Crippen molar-refractivity contribution < 1.29 is 4.79 Å². The summed E-state index contributed by atoms with van der Waals surface area (Å²) >= 11 is 0. The van der Waals surface area contributed by atoms with Gasteiger partial charge in [-0.05, 0) is 51.3 Å². The van der Waals surface area contributed by atoms with Gasteiger partial charge in [-0.2, -0.15) is 0 Å². The Labute approximate surface area is 151 Å². The van der Waals surface area contributed by atoms with Crippen LogP contribution in [-0.2, 0) is 0 Å². The van der Waals surface area contributed by atoms with Crippen LogP contribution in [0.5, 0.6) is 0 Å². The molecule has 0 spiro atoms. The molecule has 1 aromatic carbocycles. The van der Waals surface area contributed by atoms with E-state index in [1.165, 1.54) is 12.8 Å². The third kappa shape index (κ3) is 5.00. The van der Waals surface area contributed by atoms with E-state index in [-0.39, 0.29) is 36.8 Å². The van der Waals surface area contributed by atoms with Crippen LogP contribution in [0, 0.1) is 6.92 Å². The lowest BCUT2D eigenvalue weighted by Crippen LogP contribution is -2.45. The molecular weight excluding hydrogens is 333 g/mol. The maximum absolute atomic E-state index is 12.7. The molecule has 0 saturated carbocycles. The highest BCUT2D eigenvalue weighted by molar-refractivity contribution is 6.00. The number of anilines is 1. The van der Waals surface area contributed by atoms with E-state index in [0.29, 0.717) is 0 Å². The lowest BCUT2D eigenvalue weighted by Gasteiger charge is -2.26. The van der Waals surface area contributed by atoms with Gasteiger partial charge in [0.15, 0.2) is 0 Å². The third-order valence-electron chi connectivity index (χ3n) is 4.48. The molecule has 130 valence electrons. The number of carbonyl (C=O) groups is 1. The van der Waals surface area contributed by atoms with Gasteiger partial charge in [0.1, 0.15) is 0 Å². The number of nitrogens with zero attached hydrogens (tertiary/aromatic N) is 1. The fourth-order valence-corrected chi connectivity index (χ4v) is 3.30. The zero-order chi connectivity index (χ0) is 14.7. The van der Waals surface area contributed by atoms with Gasteiger partial charge in [-0.3, -0.25) is 4.79 Å². The Balaban J connectivity index is 0.00000132. The van der Waals surface area contributed by atoms with Crippen LogP contribution in [0.4, 0.5) is 5.69 Å². The first kappa shape index (κ1) is 20.1. The van der Waals surface area contributed by atoms with Crippen LogP contribution >= 0.6 is 24.8 Å². The molecule has 2 N–H and O–H groups in total. The molecule has 0 radical (unpaired) electrons. The van der Waals surface area contributed by atoms with Gasteiger partial charge >= 0.3 is 0 Å². The van der Waals surface area contributed by atoms with E-state index in [4.69, 9.17) is 0 Å². The van der Waals surface area contributed by atoms with Crippen molar-refractivity contribution in [3.05, 3.63) is 29.3 Å². The minimum absolute atomic E-state index is 0. The summed E-state index contributed by atoms with van der Waals surface area (Å²) in [4.78, 5) is 15.0. The largest absolute Gasteiger partial charge is 0.371 e. The summed E-state index contributed by atoms with van der Waals surface area (Å²) in [5.41, 5.74) is 3.08. The van der Waals surface area contributed by atoms with Gasteiger partial charge in [-0.1, -0.05) is 11.6 Å². The zero-order valence-corrected chi connectivity index (χ0v) is 15.3. The van der Waals surface area contributed by atoms with E-state index in [1.807, 2.05) is 13.0 Å². The first-order valence-corrected chi connectivity index (χ1v) is 8.11. The van der Waals surface area contributed by atoms with Crippen LogP contribution in [-0.4, -0.2) is 38.1 Å². The Kier molecular flexibility index (Phi) is 8.17. The number of hydrogen-bond donors (Lipinski definition) is 2. The zero-order valence-electron chi connectivity index (χ0n) is 13.6. The molecule has 0 aliphatic carbocycles. The van der Waals surface area contributed by atoms with Crippen LogP contribution in [0.1, 0.15) is 41.6 Å². The second-order valence-electron chi connectivity index (χ2n) is 6.23. The number of piperidine rings is 1. The van der Waals surface area contributed by atoms with E-state index >= 15 is 0 Å². The summed E-state index contributed by atoms with van der Waals surface area (Å²) in [5.74, 6) is 0.0781. The van der Waals surface area contributed by atoms with Crippen LogP contribution in [0.25, 0.3) is 0 Å². The molecule has 2 aliphatic rings. The van der Waals surface area contributed by atoms with Gasteiger partial charge in [0.25, 0.3) is 5.91 Å². The van der Waals surface area contributed by atoms with E-state index in [2.05, 4.69) is 27.7 Å².